The molecule has 0 aliphatic rings. The molecule has 47 heavy (non-hydrogen) atoms. The fourth-order valence-electron chi connectivity index (χ4n) is 8.25. The molecule has 0 N–H and O–H groups in total. The number of hydrogen-bond acceptors (Lipinski definition) is 1. The highest BCUT2D eigenvalue weighted by atomic mass is 16.3. The van der Waals surface area contributed by atoms with Crippen molar-refractivity contribution in [2.75, 3.05) is 0 Å². The maximum atomic E-state index is 6.59. The Hall–Kier alpha value is -6.18. The minimum absolute atomic E-state index is 0.925. The lowest BCUT2D eigenvalue weighted by Gasteiger charge is -2.18. The van der Waals surface area contributed by atoms with E-state index in [-0.39, 0.29) is 0 Å². The molecular formula is C46H26O. The zero-order valence-corrected chi connectivity index (χ0v) is 25.4. The Morgan fingerprint density at radius 3 is 1.57 bits per heavy atom. The van der Waals surface area contributed by atoms with E-state index in [9.17, 15) is 0 Å². The molecule has 11 rings (SSSR count). The Labute approximate surface area is 270 Å². The molecule has 10 aromatic carbocycles. The minimum atomic E-state index is 0.925. The summed E-state index contributed by atoms with van der Waals surface area (Å²) >= 11 is 0. The standard InChI is InChI=1S/C46H26O/c1-2-10-29-26-43-42(25-28(29)9-1)40-20-6-15-32(46(40)47-43)31-12-5-11-27(23-31)30-21-22-35-38-18-7-16-36-33-13-3-4-14-34(33)37-17-8-19-39(41(35)24-30)45(37)44(36)38/h1-26H. The van der Waals surface area contributed by atoms with Crippen LogP contribution in [0.5, 0.6) is 0 Å². The molecule has 0 aliphatic carbocycles. The molecule has 216 valence electrons. The zero-order valence-electron chi connectivity index (χ0n) is 25.4. The molecule has 1 aromatic heterocycles. The van der Waals surface area contributed by atoms with Crippen molar-refractivity contribution in [1.29, 1.82) is 0 Å². The first-order valence-corrected chi connectivity index (χ1v) is 16.3. The van der Waals surface area contributed by atoms with Crippen LogP contribution in [-0.4, -0.2) is 0 Å². The highest BCUT2D eigenvalue weighted by Crippen LogP contribution is 2.45. The third-order valence-corrected chi connectivity index (χ3v) is 10.4. The van der Waals surface area contributed by atoms with Gasteiger partial charge in [-0.3, -0.25) is 0 Å². The van der Waals surface area contributed by atoms with Crippen molar-refractivity contribution in [3.05, 3.63) is 158 Å². The molecule has 1 nitrogen and oxygen atoms in total. The summed E-state index contributed by atoms with van der Waals surface area (Å²) in [6.45, 7) is 0. The molecule has 0 bridgehead atoms. The van der Waals surface area contributed by atoms with Crippen molar-refractivity contribution in [2.45, 2.75) is 0 Å². The van der Waals surface area contributed by atoms with Crippen LogP contribution in [0.3, 0.4) is 0 Å². The number of benzene rings is 10. The van der Waals surface area contributed by atoms with Crippen molar-refractivity contribution in [2.24, 2.45) is 0 Å². The fraction of sp³-hybridized carbons (Fsp3) is 0. The smallest absolute Gasteiger partial charge is 0.143 e. The molecular weight excluding hydrogens is 569 g/mol. The zero-order chi connectivity index (χ0) is 30.6. The van der Waals surface area contributed by atoms with Gasteiger partial charge in [0.2, 0.25) is 0 Å². The number of hydrogen-bond donors (Lipinski definition) is 0. The van der Waals surface area contributed by atoms with Gasteiger partial charge in [0.1, 0.15) is 11.2 Å². The Morgan fingerprint density at radius 2 is 0.830 bits per heavy atom. The molecule has 1 heteroatoms. The first-order valence-electron chi connectivity index (χ1n) is 16.3. The van der Waals surface area contributed by atoms with Gasteiger partial charge in [0.05, 0.1) is 0 Å². The van der Waals surface area contributed by atoms with Gasteiger partial charge in [-0.1, -0.05) is 133 Å². The van der Waals surface area contributed by atoms with Gasteiger partial charge in [-0.05, 0) is 106 Å². The second-order valence-electron chi connectivity index (χ2n) is 12.8. The highest BCUT2D eigenvalue weighted by molar-refractivity contribution is 6.40. The number of furan rings is 1. The van der Waals surface area contributed by atoms with E-state index < -0.39 is 0 Å². The molecule has 0 saturated heterocycles. The third kappa shape index (κ3) is 3.43. The lowest BCUT2D eigenvalue weighted by molar-refractivity contribution is 0.670. The number of fused-ring (bicyclic) bond motifs is 10. The van der Waals surface area contributed by atoms with Crippen molar-refractivity contribution in [3.8, 4) is 22.3 Å². The molecule has 11 aromatic rings. The van der Waals surface area contributed by atoms with Crippen LogP contribution in [0.4, 0.5) is 0 Å². The predicted octanol–water partition coefficient (Wildman–Crippen LogP) is 13.3. The fourth-order valence-corrected chi connectivity index (χ4v) is 8.25. The Bertz CT molecular complexity index is 3070. The van der Waals surface area contributed by atoms with Crippen LogP contribution in [0.25, 0.3) is 109 Å². The molecule has 0 saturated carbocycles. The lowest BCUT2D eigenvalue weighted by atomic mass is 9.85. The van der Waals surface area contributed by atoms with Crippen LogP contribution in [0.1, 0.15) is 0 Å². The quantitative estimate of drug-likeness (QED) is 0.143. The second-order valence-corrected chi connectivity index (χ2v) is 12.8. The maximum absolute atomic E-state index is 6.59. The van der Waals surface area contributed by atoms with Crippen molar-refractivity contribution in [1.82, 2.24) is 0 Å². The van der Waals surface area contributed by atoms with Crippen molar-refractivity contribution in [3.63, 3.8) is 0 Å². The number of para-hydroxylation sites is 1. The minimum Gasteiger partial charge on any atom is -0.455 e. The summed E-state index contributed by atoms with van der Waals surface area (Å²) in [4.78, 5) is 0. The van der Waals surface area contributed by atoms with E-state index in [1.54, 1.807) is 0 Å². The van der Waals surface area contributed by atoms with Crippen LogP contribution < -0.4 is 0 Å². The summed E-state index contributed by atoms with van der Waals surface area (Å²) in [6, 6.07) is 57.8. The van der Waals surface area contributed by atoms with E-state index >= 15 is 0 Å². The molecule has 0 atom stereocenters. The topological polar surface area (TPSA) is 13.1 Å². The van der Waals surface area contributed by atoms with E-state index in [1.807, 2.05) is 0 Å². The van der Waals surface area contributed by atoms with Crippen LogP contribution in [0, 0.1) is 0 Å². The van der Waals surface area contributed by atoms with Gasteiger partial charge in [0, 0.05) is 16.3 Å². The summed E-state index contributed by atoms with van der Waals surface area (Å²) in [5, 5.41) is 17.9. The molecule has 0 spiro atoms. The average molecular weight is 595 g/mol. The first kappa shape index (κ1) is 25.1. The lowest BCUT2D eigenvalue weighted by Crippen LogP contribution is -1.90. The van der Waals surface area contributed by atoms with Gasteiger partial charge < -0.3 is 4.42 Å². The predicted molar refractivity (Wildman–Crippen MR) is 201 cm³/mol. The SMILES string of the molecule is c1cc(-c2ccc3c(c2)c2cccc4c5ccccc5c5cccc3c5c42)cc(-c2cccc3c2oc2cc4ccccc4cc23)c1. The molecule has 0 fully saturated rings. The van der Waals surface area contributed by atoms with E-state index in [0.29, 0.717) is 0 Å². The van der Waals surface area contributed by atoms with E-state index in [1.165, 1.54) is 75.8 Å². The highest BCUT2D eigenvalue weighted by Gasteiger charge is 2.18. The average Bonchev–Trinajstić information content (AvgIpc) is 3.51. The Balaban J connectivity index is 1.13. The summed E-state index contributed by atoms with van der Waals surface area (Å²) in [6.07, 6.45) is 0. The molecule has 0 aliphatic heterocycles. The van der Waals surface area contributed by atoms with Crippen LogP contribution in [0.15, 0.2) is 162 Å². The van der Waals surface area contributed by atoms with E-state index in [0.717, 1.165) is 33.1 Å². The van der Waals surface area contributed by atoms with Gasteiger partial charge >= 0.3 is 0 Å². The summed E-state index contributed by atoms with van der Waals surface area (Å²) in [5.74, 6) is 0. The first-order chi connectivity index (χ1) is 23.3. The summed E-state index contributed by atoms with van der Waals surface area (Å²) in [7, 11) is 0. The van der Waals surface area contributed by atoms with E-state index in [2.05, 4.69) is 158 Å². The maximum Gasteiger partial charge on any atom is 0.143 e. The van der Waals surface area contributed by atoms with Crippen LogP contribution >= 0.6 is 0 Å². The summed E-state index contributed by atoms with van der Waals surface area (Å²) in [5.41, 5.74) is 6.53. The second kappa shape index (κ2) is 9.19. The number of rotatable bonds is 2. The summed E-state index contributed by atoms with van der Waals surface area (Å²) < 4.78 is 6.59. The monoisotopic (exact) mass is 594 g/mol. The molecule has 0 unspecified atom stereocenters. The van der Waals surface area contributed by atoms with Gasteiger partial charge in [0.25, 0.3) is 0 Å². The third-order valence-electron chi connectivity index (χ3n) is 10.4. The van der Waals surface area contributed by atoms with E-state index in [4.69, 9.17) is 4.42 Å². The van der Waals surface area contributed by atoms with Gasteiger partial charge in [0.15, 0.2) is 0 Å². The molecule has 0 amide bonds. The van der Waals surface area contributed by atoms with Crippen molar-refractivity contribution >= 4 is 86.6 Å². The molecule has 1 heterocycles. The van der Waals surface area contributed by atoms with Gasteiger partial charge in [-0.25, -0.2) is 0 Å². The molecule has 0 radical (unpaired) electrons. The van der Waals surface area contributed by atoms with Gasteiger partial charge in [-0.15, -0.1) is 0 Å². The van der Waals surface area contributed by atoms with Crippen LogP contribution in [-0.2, 0) is 0 Å². The largest absolute Gasteiger partial charge is 0.455 e. The normalized spacial score (nSPS) is 12.3. The Kier molecular flexibility index (Phi) is 4.90. The Morgan fingerprint density at radius 1 is 0.298 bits per heavy atom. The van der Waals surface area contributed by atoms with Gasteiger partial charge in [-0.2, -0.15) is 0 Å². The van der Waals surface area contributed by atoms with Crippen LogP contribution in [0.2, 0.25) is 0 Å². The van der Waals surface area contributed by atoms with Crippen molar-refractivity contribution < 1.29 is 4.42 Å².